The predicted octanol–water partition coefficient (Wildman–Crippen LogP) is 2.71. The molecule has 0 radical (unpaired) electrons. The van der Waals surface area contributed by atoms with Gasteiger partial charge in [0.05, 0.1) is 6.04 Å². The molecule has 2 aliphatic carbocycles. The number of nitrogens with one attached hydrogen (secondary N) is 2. The highest BCUT2D eigenvalue weighted by molar-refractivity contribution is 5.82. The topological polar surface area (TPSA) is 41.1 Å². The molecule has 4 unspecified atom stereocenters. The first-order valence-corrected chi connectivity index (χ1v) is 8.07. The highest BCUT2D eigenvalue weighted by Crippen LogP contribution is 2.42. The van der Waals surface area contributed by atoms with Crippen molar-refractivity contribution in [1.82, 2.24) is 10.6 Å². The molecular formula is C16H30N2O. The summed E-state index contributed by atoms with van der Waals surface area (Å²) in [5.41, 5.74) is 0. The summed E-state index contributed by atoms with van der Waals surface area (Å²) < 4.78 is 0. The zero-order valence-electron chi connectivity index (χ0n) is 12.7. The molecule has 0 spiro atoms. The number of hydrogen-bond acceptors (Lipinski definition) is 2. The van der Waals surface area contributed by atoms with Crippen LogP contribution >= 0.6 is 0 Å². The Hall–Kier alpha value is -0.570. The third-order valence-corrected chi connectivity index (χ3v) is 5.00. The molecule has 0 heterocycles. The molecule has 2 fully saturated rings. The van der Waals surface area contributed by atoms with Gasteiger partial charge in [-0.15, -0.1) is 0 Å². The van der Waals surface area contributed by atoms with Crippen LogP contribution in [0.1, 0.15) is 58.8 Å². The summed E-state index contributed by atoms with van der Waals surface area (Å²) in [5, 5.41) is 6.50. The Balaban J connectivity index is 1.82. The first-order chi connectivity index (χ1) is 9.10. The van der Waals surface area contributed by atoms with E-state index in [-0.39, 0.29) is 11.9 Å². The fourth-order valence-corrected chi connectivity index (χ4v) is 3.83. The molecule has 19 heavy (non-hydrogen) atoms. The maximum atomic E-state index is 12.4. The summed E-state index contributed by atoms with van der Waals surface area (Å²) in [6.45, 7) is 4.43. The van der Waals surface area contributed by atoms with Crippen LogP contribution < -0.4 is 10.6 Å². The lowest BCUT2D eigenvalue weighted by Crippen LogP contribution is -2.47. The lowest BCUT2D eigenvalue weighted by Gasteiger charge is -2.24. The van der Waals surface area contributed by atoms with Gasteiger partial charge >= 0.3 is 0 Å². The predicted molar refractivity (Wildman–Crippen MR) is 78.9 cm³/mol. The van der Waals surface area contributed by atoms with Gasteiger partial charge in [-0.1, -0.05) is 26.7 Å². The van der Waals surface area contributed by atoms with Crippen molar-refractivity contribution < 1.29 is 4.79 Å². The van der Waals surface area contributed by atoms with Crippen molar-refractivity contribution in [3.8, 4) is 0 Å². The first kappa shape index (κ1) is 14.8. The van der Waals surface area contributed by atoms with Crippen molar-refractivity contribution >= 4 is 5.91 Å². The highest BCUT2D eigenvalue weighted by Gasteiger charge is 2.38. The number of carbonyl (C=O) groups is 1. The lowest BCUT2D eigenvalue weighted by molar-refractivity contribution is -0.124. The molecule has 0 aromatic carbocycles. The molecule has 0 aliphatic heterocycles. The van der Waals surface area contributed by atoms with Crippen molar-refractivity contribution in [3.05, 3.63) is 0 Å². The molecule has 0 aromatic heterocycles. The standard InChI is InChI=1S/C16H30N2O/c1-11(2)7-8-14(17-3)16(19)18-15-10-12-5-4-6-13(15)9-12/h11-15,17H,4-10H2,1-3H3,(H,18,19). The van der Waals surface area contributed by atoms with E-state index in [9.17, 15) is 4.79 Å². The lowest BCUT2D eigenvalue weighted by atomic mass is 9.89. The van der Waals surface area contributed by atoms with Crippen molar-refractivity contribution in [2.24, 2.45) is 17.8 Å². The minimum absolute atomic E-state index is 0.0112. The minimum atomic E-state index is -0.0112. The van der Waals surface area contributed by atoms with E-state index >= 15 is 0 Å². The van der Waals surface area contributed by atoms with E-state index in [0.717, 1.165) is 24.7 Å². The van der Waals surface area contributed by atoms with Crippen molar-refractivity contribution in [3.63, 3.8) is 0 Å². The van der Waals surface area contributed by atoms with Crippen molar-refractivity contribution in [1.29, 1.82) is 0 Å². The van der Waals surface area contributed by atoms with Gasteiger partial charge in [-0.25, -0.2) is 0 Å². The van der Waals surface area contributed by atoms with Crippen LogP contribution in [0.3, 0.4) is 0 Å². The van der Waals surface area contributed by atoms with Gasteiger partial charge in [0, 0.05) is 6.04 Å². The number of amides is 1. The summed E-state index contributed by atoms with van der Waals surface area (Å²) in [6.07, 6.45) is 8.68. The number of hydrogen-bond donors (Lipinski definition) is 2. The normalized spacial score (nSPS) is 31.5. The summed E-state index contributed by atoms with van der Waals surface area (Å²) in [7, 11) is 1.90. The molecule has 110 valence electrons. The fourth-order valence-electron chi connectivity index (χ4n) is 3.83. The van der Waals surface area contributed by atoms with E-state index < -0.39 is 0 Å². The van der Waals surface area contributed by atoms with Gasteiger partial charge in [0.1, 0.15) is 0 Å². The van der Waals surface area contributed by atoms with Gasteiger partial charge in [0.25, 0.3) is 0 Å². The Labute approximate surface area is 117 Å². The second-order valence-corrected chi connectivity index (χ2v) is 6.96. The minimum Gasteiger partial charge on any atom is -0.352 e. The molecule has 2 bridgehead atoms. The van der Waals surface area contributed by atoms with Gasteiger partial charge in [-0.05, 0) is 56.9 Å². The monoisotopic (exact) mass is 266 g/mol. The molecule has 2 saturated carbocycles. The van der Waals surface area contributed by atoms with Crippen molar-refractivity contribution in [2.45, 2.75) is 70.9 Å². The van der Waals surface area contributed by atoms with Crippen LogP contribution in [-0.4, -0.2) is 25.0 Å². The molecule has 3 nitrogen and oxygen atoms in total. The maximum absolute atomic E-state index is 12.4. The summed E-state index contributed by atoms with van der Waals surface area (Å²) in [4.78, 5) is 12.4. The van der Waals surface area contributed by atoms with E-state index in [1.807, 2.05) is 7.05 Å². The Morgan fingerprint density at radius 2 is 2.00 bits per heavy atom. The van der Waals surface area contributed by atoms with E-state index in [4.69, 9.17) is 0 Å². The molecule has 2 aliphatic rings. The molecule has 4 atom stereocenters. The average Bonchev–Trinajstić information content (AvgIpc) is 2.64. The molecule has 0 saturated heterocycles. The summed E-state index contributed by atoms with van der Waals surface area (Å²) in [6, 6.07) is 0.442. The van der Waals surface area contributed by atoms with Crippen molar-refractivity contribution in [2.75, 3.05) is 7.05 Å². The van der Waals surface area contributed by atoms with Crippen LogP contribution in [0, 0.1) is 17.8 Å². The zero-order valence-corrected chi connectivity index (χ0v) is 12.7. The third-order valence-electron chi connectivity index (χ3n) is 5.00. The van der Waals surface area contributed by atoms with E-state index in [0.29, 0.717) is 12.0 Å². The number of likely N-dealkylation sites (N-methyl/N-ethyl adjacent to an activating group) is 1. The first-order valence-electron chi connectivity index (χ1n) is 8.07. The quantitative estimate of drug-likeness (QED) is 0.776. The highest BCUT2D eigenvalue weighted by atomic mass is 16.2. The van der Waals surface area contributed by atoms with Gasteiger partial charge in [-0.3, -0.25) is 4.79 Å². The van der Waals surface area contributed by atoms with Gasteiger partial charge in [-0.2, -0.15) is 0 Å². The van der Waals surface area contributed by atoms with Gasteiger partial charge in [0.2, 0.25) is 5.91 Å². The molecule has 2 rings (SSSR count). The Morgan fingerprint density at radius 1 is 1.21 bits per heavy atom. The van der Waals surface area contributed by atoms with Crippen LogP contribution in [0.25, 0.3) is 0 Å². The Morgan fingerprint density at radius 3 is 2.63 bits per heavy atom. The van der Waals surface area contributed by atoms with Crippen LogP contribution in [0.4, 0.5) is 0 Å². The van der Waals surface area contributed by atoms with Crippen LogP contribution in [0.15, 0.2) is 0 Å². The molecule has 1 amide bonds. The van der Waals surface area contributed by atoms with E-state index in [2.05, 4.69) is 24.5 Å². The number of carbonyl (C=O) groups excluding carboxylic acids is 1. The zero-order chi connectivity index (χ0) is 13.8. The van der Waals surface area contributed by atoms with E-state index in [1.54, 1.807) is 0 Å². The third kappa shape index (κ3) is 3.95. The molecule has 2 N–H and O–H groups in total. The maximum Gasteiger partial charge on any atom is 0.237 e. The second-order valence-electron chi connectivity index (χ2n) is 6.96. The second kappa shape index (κ2) is 6.74. The largest absolute Gasteiger partial charge is 0.352 e. The molecule has 3 heteroatoms. The smallest absolute Gasteiger partial charge is 0.237 e. The SMILES string of the molecule is CNC(CCC(C)C)C(=O)NC1CC2CCCC1C2. The molecular weight excluding hydrogens is 236 g/mol. The van der Waals surface area contributed by atoms with E-state index in [1.165, 1.54) is 32.1 Å². The number of rotatable bonds is 6. The fraction of sp³-hybridized carbons (Fsp3) is 0.938. The number of fused-ring (bicyclic) bond motifs is 2. The Bertz CT molecular complexity index is 303. The van der Waals surface area contributed by atoms with Crippen LogP contribution in [0.5, 0.6) is 0 Å². The van der Waals surface area contributed by atoms with Gasteiger partial charge in [0.15, 0.2) is 0 Å². The summed E-state index contributed by atoms with van der Waals surface area (Å²) in [5.74, 6) is 2.52. The Kier molecular flexibility index (Phi) is 5.26. The van der Waals surface area contributed by atoms with Crippen LogP contribution in [0.2, 0.25) is 0 Å². The van der Waals surface area contributed by atoms with Gasteiger partial charge < -0.3 is 10.6 Å². The summed E-state index contributed by atoms with van der Waals surface area (Å²) >= 11 is 0. The molecule has 0 aromatic rings. The average molecular weight is 266 g/mol. The van der Waals surface area contributed by atoms with Crippen LogP contribution in [-0.2, 0) is 4.79 Å².